The fourth-order valence-electron chi connectivity index (χ4n) is 5.06. The lowest BCUT2D eigenvalue weighted by Crippen LogP contribution is -2.32. The van der Waals surface area contributed by atoms with Crippen molar-refractivity contribution in [2.24, 2.45) is 0 Å². The van der Waals surface area contributed by atoms with E-state index in [2.05, 4.69) is 29.9 Å². The molecule has 4 aromatic heterocycles. The summed E-state index contributed by atoms with van der Waals surface area (Å²) in [4.78, 5) is 34.5. The number of hydrogen-bond donors (Lipinski definition) is 3. The number of H-pyrrole nitrogens is 1. The van der Waals surface area contributed by atoms with Crippen LogP contribution in [0, 0.1) is 0 Å². The first-order valence-electron chi connectivity index (χ1n) is 12.5. The van der Waals surface area contributed by atoms with E-state index in [1.54, 1.807) is 0 Å². The molecule has 0 aromatic carbocycles. The smallest absolute Gasteiger partial charge is 0.382 e. The van der Waals surface area contributed by atoms with Crippen molar-refractivity contribution in [3.8, 4) is 0 Å². The first-order chi connectivity index (χ1) is 20.7. The molecule has 7 heterocycles. The number of nitrogens with zero attached hydrogens (tertiary/aromatic N) is 7. The van der Waals surface area contributed by atoms with Crippen molar-refractivity contribution in [1.82, 2.24) is 39.0 Å². The first-order valence-corrected chi connectivity index (χ1v) is 14.7. The van der Waals surface area contributed by atoms with Gasteiger partial charge < -0.3 is 20.9 Å². The number of rotatable bonds is 2. The predicted octanol–water partition coefficient (Wildman–Crippen LogP) is 0.727. The molecule has 3 aliphatic heterocycles. The molecule has 3 fully saturated rings. The molecule has 0 spiro atoms. The van der Waals surface area contributed by atoms with E-state index in [-0.39, 0.29) is 34.1 Å². The second-order valence-electron chi connectivity index (χ2n) is 9.56. The Balaban J connectivity index is 1.16. The Hall–Kier alpha value is -3.68. The van der Waals surface area contributed by atoms with Gasteiger partial charge in [-0.2, -0.15) is 4.98 Å². The van der Waals surface area contributed by atoms with E-state index in [0.29, 0.717) is 0 Å². The van der Waals surface area contributed by atoms with E-state index in [9.17, 15) is 13.9 Å². The topological polar surface area (TPSA) is 249 Å². The van der Waals surface area contributed by atoms with Crippen molar-refractivity contribution >= 4 is 50.6 Å². The van der Waals surface area contributed by atoms with Gasteiger partial charge in [0.05, 0.1) is 12.7 Å². The molecule has 4 aromatic rings. The van der Waals surface area contributed by atoms with Crippen molar-refractivity contribution in [2.75, 3.05) is 24.7 Å². The Morgan fingerprint density at radius 2 is 1.49 bits per heavy atom. The van der Waals surface area contributed by atoms with Crippen LogP contribution in [-0.4, -0.2) is 89.0 Å². The predicted molar refractivity (Wildman–Crippen MR) is 137 cm³/mol. The van der Waals surface area contributed by atoms with Crippen molar-refractivity contribution in [1.29, 1.82) is 0 Å². The largest absolute Gasteiger partial charge is 0.698 e. The molecular weight excluding hydrogens is 624 g/mol. The van der Waals surface area contributed by atoms with E-state index in [1.807, 2.05) is 0 Å². The number of nitrogens with two attached hydrogens (primary N) is 2. The Morgan fingerprint density at radius 1 is 0.837 bits per heavy atom. The third kappa shape index (κ3) is 4.83. The molecule has 3 saturated heterocycles. The zero-order chi connectivity index (χ0) is 30.0. The number of hydrogen-bond acceptors (Lipinski definition) is 16. The van der Waals surface area contributed by atoms with Crippen LogP contribution in [-0.2, 0) is 36.7 Å². The van der Waals surface area contributed by atoms with Crippen LogP contribution in [0.3, 0.4) is 0 Å². The van der Waals surface area contributed by atoms with Crippen molar-refractivity contribution in [3.63, 3.8) is 0 Å². The van der Waals surface area contributed by atoms with Gasteiger partial charge in [-0.05, 0) is 0 Å². The maximum atomic E-state index is 15.8. The minimum absolute atomic E-state index is 0.0565. The maximum absolute atomic E-state index is 15.8. The lowest BCUT2D eigenvalue weighted by molar-refractivity contribution is -0.0553. The Kier molecular flexibility index (Phi) is 7.06. The Morgan fingerprint density at radius 3 is 2.26 bits per heavy atom. The molecule has 23 heteroatoms. The molecule has 0 saturated carbocycles. The minimum atomic E-state index is -3.08. The highest BCUT2D eigenvalue weighted by Gasteiger charge is 2.57. The summed E-state index contributed by atoms with van der Waals surface area (Å²) in [5, 5.41) is 0. The number of nitrogens with one attached hydrogen (secondary N) is 1. The number of ether oxygens (including phenoxy) is 2. The molecule has 19 nitrogen and oxygen atoms in total. The second kappa shape index (κ2) is 10.8. The second-order valence-corrected chi connectivity index (χ2v) is 11.4. The number of nitrogen functional groups attached to an aromatic ring is 2. The van der Waals surface area contributed by atoms with Crippen molar-refractivity contribution in [2.45, 2.75) is 49.2 Å². The monoisotopic (exact) mass is 644 g/mol. The summed E-state index contributed by atoms with van der Waals surface area (Å²) in [6.07, 6.45) is -9.11. The molecule has 0 radical (unpaired) electrons. The van der Waals surface area contributed by atoms with E-state index in [0.717, 1.165) is 12.7 Å². The minimum Gasteiger partial charge on any atom is -0.382 e. The lowest BCUT2D eigenvalue weighted by atomic mass is 10.1. The molecule has 2 unspecified atom stereocenters. The lowest BCUT2D eigenvalue weighted by Gasteiger charge is -2.16. The number of halogens is 2. The number of aromatic amines is 1. The number of alkyl halides is 2. The van der Waals surface area contributed by atoms with E-state index in [1.165, 1.54) is 15.5 Å². The fourth-order valence-corrected chi connectivity index (χ4v) is 6.59. The standard InChI is InChI=1S/C20H19F2N10O9P2/c21-8-6-1-36-42(34)40-12-7(39-18(9(12)22)31-4-27-10-14(23)25-3-26-15(10)31)2-37-43(35)41-13(8)19(38-6)32-5-28-11-16(32)29-20(24)30-17(11)33/h3-9,12-13,18-19H,1-2H2,(H4-,23,24,25,26,29,30,33)/q+1/p+1/t6-,7-,8-,9-,12-,13-,18-,19-/m1/s1. The summed E-state index contributed by atoms with van der Waals surface area (Å²) in [6, 6.07) is 0. The number of fused-ring (bicyclic) bond motifs is 5. The van der Waals surface area contributed by atoms with Crippen LogP contribution in [0.25, 0.3) is 22.3 Å². The van der Waals surface area contributed by atoms with Gasteiger partial charge in [-0.1, -0.05) is 0 Å². The van der Waals surface area contributed by atoms with Gasteiger partial charge in [-0.3, -0.25) is 18.9 Å². The molecule has 3 aliphatic rings. The van der Waals surface area contributed by atoms with Gasteiger partial charge in [0.2, 0.25) is 5.95 Å². The van der Waals surface area contributed by atoms with Gasteiger partial charge in [-0.25, -0.2) is 28.7 Å². The van der Waals surface area contributed by atoms with Crippen LogP contribution in [0.15, 0.2) is 23.8 Å². The Labute approximate surface area is 238 Å². The zero-order valence-electron chi connectivity index (χ0n) is 21.4. The summed E-state index contributed by atoms with van der Waals surface area (Å²) < 4.78 is 92.2. The molecule has 226 valence electrons. The summed E-state index contributed by atoms with van der Waals surface area (Å²) in [7, 11) is -6.14. The van der Waals surface area contributed by atoms with Crippen LogP contribution >= 0.6 is 16.5 Å². The quantitative estimate of drug-likeness (QED) is 0.254. The number of anilines is 2. The molecular formula is C20H20F2N10O9P2+2. The molecule has 0 amide bonds. The van der Waals surface area contributed by atoms with Gasteiger partial charge in [0, 0.05) is 9.13 Å². The van der Waals surface area contributed by atoms with Crippen LogP contribution in [0.5, 0.6) is 0 Å². The van der Waals surface area contributed by atoms with Crippen molar-refractivity contribution in [3.05, 3.63) is 29.3 Å². The van der Waals surface area contributed by atoms with E-state index in [4.69, 9.17) is 39.0 Å². The summed E-state index contributed by atoms with van der Waals surface area (Å²) >= 11 is 0. The number of aromatic nitrogens is 8. The van der Waals surface area contributed by atoms with Crippen molar-refractivity contribution < 1.29 is 45.5 Å². The highest BCUT2D eigenvalue weighted by atomic mass is 31.1. The van der Waals surface area contributed by atoms with Gasteiger partial charge in [0.25, 0.3) is 5.56 Å². The van der Waals surface area contributed by atoms with E-state index < -0.39 is 84.5 Å². The maximum Gasteiger partial charge on any atom is 0.698 e. The normalized spacial score (nSPS) is 33.7. The third-order valence-electron chi connectivity index (χ3n) is 7.02. The van der Waals surface area contributed by atoms with Crippen LogP contribution in [0.2, 0.25) is 0 Å². The molecule has 0 aliphatic carbocycles. The van der Waals surface area contributed by atoms with E-state index >= 15 is 8.78 Å². The molecule has 7 rings (SSSR count). The highest BCUT2D eigenvalue weighted by molar-refractivity contribution is 7.33. The third-order valence-corrected chi connectivity index (χ3v) is 8.57. The van der Waals surface area contributed by atoms with Crippen LogP contribution in [0.1, 0.15) is 12.5 Å². The molecule has 5 N–H and O–H groups in total. The summed E-state index contributed by atoms with van der Waals surface area (Å²) in [5.74, 6) is -0.187. The molecule has 43 heavy (non-hydrogen) atoms. The van der Waals surface area contributed by atoms with Gasteiger partial charge in [0.15, 0.2) is 59.6 Å². The van der Waals surface area contributed by atoms with Crippen LogP contribution < -0.4 is 17.0 Å². The zero-order valence-corrected chi connectivity index (χ0v) is 23.2. The highest BCUT2D eigenvalue weighted by Crippen LogP contribution is 2.45. The summed E-state index contributed by atoms with van der Waals surface area (Å²) in [6.45, 7) is -1.24. The summed E-state index contributed by atoms with van der Waals surface area (Å²) in [5.41, 5.74) is 11.0. The van der Waals surface area contributed by atoms with Gasteiger partial charge in [0.1, 0.15) is 37.3 Å². The number of imidazole rings is 2. The average Bonchev–Trinajstić information content (AvgIpc) is 3.72. The molecule has 2 bridgehead atoms. The van der Waals surface area contributed by atoms with Gasteiger partial charge >= 0.3 is 16.5 Å². The average molecular weight is 644 g/mol. The fraction of sp³-hybridized carbons (Fsp3) is 0.500. The van der Waals surface area contributed by atoms with Gasteiger partial charge in [-0.15, -0.1) is 18.1 Å². The Bertz CT molecular complexity index is 1810. The first kappa shape index (κ1) is 28.1. The van der Waals surface area contributed by atoms with Crippen LogP contribution in [0.4, 0.5) is 20.5 Å². The SMILES string of the molecule is Nc1nc2c(ncn2[C@@H]2O[C@@H]3CO[P+](=O)O[C@H]4[C@@H](F)[C@H](n5cnc6c(N)ncnc65)O[C@@H]4CO[P+](=O)O[C@@H]2[C@@H]3F)c(=O)[nH]1. The molecule has 10 atom stereocenters.